The molecule has 1 rings (SSSR count). The number of hydrogen-bond donors (Lipinski definition) is 2. The fourth-order valence-corrected chi connectivity index (χ4v) is 2.89. The van der Waals surface area contributed by atoms with Crippen LogP contribution in [0.2, 0.25) is 0 Å². The van der Waals surface area contributed by atoms with Crippen LogP contribution < -0.4 is 10.6 Å². The summed E-state index contributed by atoms with van der Waals surface area (Å²) in [5.74, 6) is 0. The van der Waals surface area contributed by atoms with Crippen LogP contribution in [0.15, 0.2) is 17.5 Å². The average molecular weight is 312 g/mol. The van der Waals surface area contributed by atoms with E-state index >= 15 is 0 Å². The summed E-state index contributed by atoms with van der Waals surface area (Å²) in [6.07, 6.45) is 1.63. The van der Waals surface area contributed by atoms with Crippen molar-refractivity contribution in [2.24, 2.45) is 0 Å². The Hall–Kier alpha value is -1.07. The fourth-order valence-electron chi connectivity index (χ4n) is 2.02. The Balaban J connectivity index is 2.46. The topological polar surface area (TPSA) is 50.4 Å². The molecule has 2 N–H and O–H groups in total. The molecular formula is C16H28N2O2S. The van der Waals surface area contributed by atoms with Crippen LogP contribution >= 0.6 is 11.3 Å². The molecule has 2 unspecified atom stereocenters. The van der Waals surface area contributed by atoms with Gasteiger partial charge in [-0.05, 0) is 45.1 Å². The summed E-state index contributed by atoms with van der Waals surface area (Å²) in [7, 11) is 0. The number of alkyl carbamates (subject to hydrolysis) is 1. The van der Waals surface area contributed by atoms with E-state index in [-0.39, 0.29) is 12.1 Å². The second kappa shape index (κ2) is 8.39. The van der Waals surface area contributed by atoms with Crippen molar-refractivity contribution in [1.29, 1.82) is 0 Å². The Bertz CT molecular complexity index is 412. The van der Waals surface area contributed by atoms with Gasteiger partial charge in [0.05, 0.1) is 0 Å². The van der Waals surface area contributed by atoms with E-state index in [2.05, 4.69) is 42.0 Å². The van der Waals surface area contributed by atoms with E-state index < -0.39 is 5.60 Å². The molecule has 0 bridgehead atoms. The number of nitrogens with one attached hydrogen (secondary N) is 2. The molecule has 5 heteroatoms. The predicted molar refractivity (Wildman–Crippen MR) is 88.8 cm³/mol. The van der Waals surface area contributed by atoms with Gasteiger partial charge in [0.1, 0.15) is 5.60 Å². The van der Waals surface area contributed by atoms with E-state index in [0.29, 0.717) is 12.6 Å². The van der Waals surface area contributed by atoms with Crippen LogP contribution in [0.25, 0.3) is 0 Å². The smallest absolute Gasteiger partial charge is 0.407 e. The number of thiophene rings is 1. The van der Waals surface area contributed by atoms with Crippen LogP contribution in [0.1, 0.15) is 58.4 Å². The first-order valence-electron chi connectivity index (χ1n) is 7.62. The molecule has 0 saturated heterocycles. The first-order chi connectivity index (χ1) is 9.85. The van der Waals surface area contributed by atoms with E-state index in [9.17, 15) is 4.79 Å². The molecule has 0 fully saturated rings. The van der Waals surface area contributed by atoms with Crippen LogP contribution in [0.4, 0.5) is 4.79 Å². The number of carbonyl (C=O) groups excluding carboxylic acids is 1. The molecule has 1 heterocycles. The molecule has 1 amide bonds. The molecule has 1 aromatic rings. The largest absolute Gasteiger partial charge is 0.444 e. The molecular weight excluding hydrogens is 284 g/mol. The van der Waals surface area contributed by atoms with Gasteiger partial charge in [0.25, 0.3) is 0 Å². The van der Waals surface area contributed by atoms with Crippen molar-refractivity contribution in [1.82, 2.24) is 10.6 Å². The molecule has 0 saturated carbocycles. The van der Waals surface area contributed by atoms with Gasteiger partial charge in [0.2, 0.25) is 0 Å². The Kier molecular flexibility index (Phi) is 7.18. The van der Waals surface area contributed by atoms with Crippen molar-refractivity contribution in [3.63, 3.8) is 0 Å². The highest BCUT2D eigenvalue weighted by atomic mass is 32.1. The molecule has 0 radical (unpaired) electrons. The lowest BCUT2D eigenvalue weighted by Gasteiger charge is -2.25. The Morgan fingerprint density at radius 1 is 1.33 bits per heavy atom. The minimum atomic E-state index is -0.456. The normalized spacial score (nSPS) is 14.5. The van der Waals surface area contributed by atoms with E-state index in [4.69, 9.17) is 4.74 Å². The fraction of sp³-hybridized carbons (Fsp3) is 0.688. The molecule has 0 aliphatic heterocycles. The van der Waals surface area contributed by atoms with Gasteiger partial charge in [0.15, 0.2) is 0 Å². The summed E-state index contributed by atoms with van der Waals surface area (Å²) in [4.78, 5) is 13.0. The van der Waals surface area contributed by atoms with Crippen molar-refractivity contribution in [2.75, 3.05) is 6.54 Å². The number of ether oxygens (including phenoxy) is 1. The summed E-state index contributed by atoms with van der Waals surface area (Å²) in [5, 5.41) is 8.56. The van der Waals surface area contributed by atoms with Crippen LogP contribution in [-0.2, 0) is 4.74 Å². The van der Waals surface area contributed by atoms with Crippen LogP contribution in [0.5, 0.6) is 0 Å². The molecule has 0 aliphatic carbocycles. The molecule has 120 valence electrons. The second-order valence-electron chi connectivity index (χ2n) is 6.13. The standard InChI is InChI=1S/C16H28N2O2S/c1-6-12(11-17-15(19)20-16(3,4)5)18-13(7-2)14-9-8-10-21-14/h8-10,12-13,18H,6-7,11H2,1-5H3,(H,17,19). The lowest BCUT2D eigenvalue weighted by atomic mass is 10.1. The van der Waals surface area contributed by atoms with Crippen LogP contribution in [0.3, 0.4) is 0 Å². The highest BCUT2D eigenvalue weighted by Gasteiger charge is 2.19. The summed E-state index contributed by atoms with van der Waals surface area (Å²) in [6.45, 7) is 10.5. The highest BCUT2D eigenvalue weighted by Crippen LogP contribution is 2.22. The van der Waals surface area contributed by atoms with E-state index in [0.717, 1.165) is 12.8 Å². The van der Waals surface area contributed by atoms with Gasteiger partial charge in [-0.1, -0.05) is 19.9 Å². The van der Waals surface area contributed by atoms with Gasteiger partial charge in [0, 0.05) is 23.5 Å². The van der Waals surface area contributed by atoms with Gasteiger partial charge < -0.3 is 15.4 Å². The van der Waals surface area contributed by atoms with Gasteiger partial charge >= 0.3 is 6.09 Å². The van der Waals surface area contributed by atoms with Crippen molar-refractivity contribution < 1.29 is 9.53 Å². The Morgan fingerprint density at radius 2 is 2.05 bits per heavy atom. The third-order valence-electron chi connectivity index (χ3n) is 3.12. The number of hydrogen-bond acceptors (Lipinski definition) is 4. The number of amides is 1. The number of carbonyl (C=O) groups is 1. The van der Waals surface area contributed by atoms with Gasteiger partial charge in [-0.2, -0.15) is 0 Å². The molecule has 4 nitrogen and oxygen atoms in total. The zero-order valence-corrected chi connectivity index (χ0v) is 14.5. The van der Waals surface area contributed by atoms with Crippen molar-refractivity contribution in [2.45, 2.75) is 65.1 Å². The Labute approximate surface area is 132 Å². The average Bonchev–Trinajstić information content (AvgIpc) is 2.91. The maximum atomic E-state index is 11.7. The van der Waals surface area contributed by atoms with Crippen LogP contribution in [-0.4, -0.2) is 24.3 Å². The SMILES string of the molecule is CCC(CNC(=O)OC(C)(C)C)NC(CC)c1cccs1. The summed E-state index contributed by atoms with van der Waals surface area (Å²) < 4.78 is 5.26. The van der Waals surface area contributed by atoms with E-state index in [1.807, 2.05) is 20.8 Å². The van der Waals surface area contributed by atoms with Gasteiger partial charge in [-0.25, -0.2) is 4.79 Å². The lowest BCUT2D eigenvalue weighted by molar-refractivity contribution is 0.0521. The maximum Gasteiger partial charge on any atom is 0.407 e. The number of rotatable bonds is 7. The third kappa shape index (κ3) is 6.96. The lowest BCUT2D eigenvalue weighted by Crippen LogP contribution is -2.43. The molecule has 0 spiro atoms. The highest BCUT2D eigenvalue weighted by molar-refractivity contribution is 7.10. The molecule has 0 aliphatic rings. The maximum absolute atomic E-state index is 11.7. The quantitative estimate of drug-likeness (QED) is 0.797. The Morgan fingerprint density at radius 3 is 2.52 bits per heavy atom. The molecule has 1 aromatic heterocycles. The van der Waals surface area contributed by atoms with E-state index in [1.54, 1.807) is 11.3 Å². The minimum absolute atomic E-state index is 0.240. The molecule has 21 heavy (non-hydrogen) atoms. The minimum Gasteiger partial charge on any atom is -0.444 e. The second-order valence-corrected chi connectivity index (χ2v) is 7.11. The molecule has 2 atom stereocenters. The van der Waals surface area contributed by atoms with Gasteiger partial charge in [-0.3, -0.25) is 0 Å². The zero-order valence-electron chi connectivity index (χ0n) is 13.7. The first kappa shape index (κ1) is 18.0. The van der Waals surface area contributed by atoms with Gasteiger partial charge in [-0.15, -0.1) is 11.3 Å². The zero-order chi connectivity index (χ0) is 15.9. The monoisotopic (exact) mass is 312 g/mol. The van der Waals surface area contributed by atoms with Crippen LogP contribution in [0, 0.1) is 0 Å². The van der Waals surface area contributed by atoms with Crippen molar-refractivity contribution >= 4 is 17.4 Å². The molecule has 0 aromatic carbocycles. The van der Waals surface area contributed by atoms with Crippen molar-refractivity contribution in [3.05, 3.63) is 22.4 Å². The van der Waals surface area contributed by atoms with E-state index in [1.165, 1.54) is 4.88 Å². The summed E-state index contributed by atoms with van der Waals surface area (Å²) in [5.41, 5.74) is -0.456. The summed E-state index contributed by atoms with van der Waals surface area (Å²) >= 11 is 1.77. The third-order valence-corrected chi connectivity index (χ3v) is 4.10. The first-order valence-corrected chi connectivity index (χ1v) is 8.50. The summed E-state index contributed by atoms with van der Waals surface area (Å²) in [6, 6.07) is 4.81. The predicted octanol–water partition coefficient (Wildman–Crippen LogP) is 4.09. The van der Waals surface area contributed by atoms with Crippen molar-refractivity contribution in [3.8, 4) is 0 Å².